The predicted molar refractivity (Wildman–Crippen MR) is 93.5 cm³/mol. The average Bonchev–Trinajstić information content (AvgIpc) is 3.36. The van der Waals surface area contributed by atoms with Crippen LogP contribution < -0.4 is 9.64 Å². The van der Waals surface area contributed by atoms with Crippen LogP contribution in [0, 0.1) is 5.92 Å². The highest BCUT2D eigenvalue weighted by molar-refractivity contribution is 5.95. The maximum atomic E-state index is 13.3. The Morgan fingerprint density at radius 1 is 1.29 bits per heavy atom. The van der Waals surface area contributed by atoms with Gasteiger partial charge in [-0.05, 0) is 31.6 Å². The van der Waals surface area contributed by atoms with Crippen molar-refractivity contribution in [2.75, 3.05) is 38.3 Å². The second-order valence-electron chi connectivity index (χ2n) is 7.53. The molecular weight excluding hydrogens is 374 g/mol. The van der Waals surface area contributed by atoms with E-state index in [0.717, 1.165) is 12.8 Å². The molecule has 152 valence electrons. The number of methoxy groups -OCH3 is 1. The minimum absolute atomic E-state index is 0.0256. The van der Waals surface area contributed by atoms with Crippen molar-refractivity contribution in [2.24, 2.45) is 5.92 Å². The van der Waals surface area contributed by atoms with Gasteiger partial charge < -0.3 is 19.3 Å². The van der Waals surface area contributed by atoms with Crippen LogP contribution in [0.25, 0.3) is 0 Å². The number of hydrogen-bond donors (Lipinski definition) is 0. The van der Waals surface area contributed by atoms with E-state index in [9.17, 15) is 18.4 Å². The highest BCUT2D eigenvalue weighted by Gasteiger charge is 2.46. The van der Waals surface area contributed by atoms with E-state index < -0.39 is 36.9 Å². The van der Waals surface area contributed by atoms with Crippen molar-refractivity contribution in [3.8, 4) is 5.88 Å². The standard InChI is InChI=1S/C18H22F2N4O4/c1-27-17(26)13-3-2-6-24(13)16(25)12-7-21-14(23-9-18(19,20)10-23)15(22-12)28-8-11-4-5-11/h7,11,13H,2-6,8-10H2,1H3/t13-/m1/s1. The van der Waals surface area contributed by atoms with Gasteiger partial charge in [-0.2, -0.15) is 0 Å². The van der Waals surface area contributed by atoms with Crippen molar-refractivity contribution < 1.29 is 27.8 Å². The first kappa shape index (κ1) is 18.8. The number of carbonyl (C=O) groups is 2. The van der Waals surface area contributed by atoms with Gasteiger partial charge in [-0.3, -0.25) is 4.79 Å². The second kappa shape index (κ2) is 7.14. The van der Waals surface area contributed by atoms with E-state index in [0.29, 0.717) is 31.9 Å². The molecule has 1 atom stereocenters. The summed E-state index contributed by atoms with van der Waals surface area (Å²) in [5.74, 6) is -2.95. The number of likely N-dealkylation sites (tertiary alicyclic amines) is 1. The third-order valence-electron chi connectivity index (χ3n) is 5.23. The van der Waals surface area contributed by atoms with Crippen LogP contribution >= 0.6 is 0 Å². The van der Waals surface area contributed by atoms with Crippen molar-refractivity contribution in [1.29, 1.82) is 0 Å². The van der Waals surface area contributed by atoms with Gasteiger partial charge in [0.25, 0.3) is 17.7 Å². The van der Waals surface area contributed by atoms with Crippen LogP contribution in [0.5, 0.6) is 5.88 Å². The Balaban J connectivity index is 1.55. The van der Waals surface area contributed by atoms with Crippen molar-refractivity contribution in [2.45, 2.75) is 37.6 Å². The normalized spacial score (nSPS) is 23.3. The van der Waals surface area contributed by atoms with Crippen LogP contribution in [0.2, 0.25) is 0 Å². The summed E-state index contributed by atoms with van der Waals surface area (Å²) in [4.78, 5) is 36.0. The smallest absolute Gasteiger partial charge is 0.328 e. The maximum Gasteiger partial charge on any atom is 0.328 e. The fourth-order valence-electron chi connectivity index (χ4n) is 3.46. The van der Waals surface area contributed by atoms with E-state index in [-0.39, 0.29) is 17.4 Å². The van der Waals surface area contributed by atoms with Crippen LogP contribution in [0.4, 0.5) is 14.6 Å². The zero-order valence-electron chi connectivity index (χ0n) is 15.6. The molecule has 28 heavy (non-hydrogen) atoms. The third-order valence-corrected chi connectivity index (χ3v) is 5.23. The van der Waals surface area contributed by atoms with E-state index in [1.807, 2.05) is 0 Å². The lowest BCUT2D eigenvalue weighted by atomic mass is 10.1. The topological polar surface area (TPSA) is 84.9 Å². The van der Waals surface area contributed by atoms with Crippen molar-refractivity contribution >= 4 is 17.7 Å². The van der Waals surface area contributed by atoms with Gasteiger partial charge >= 0.3 is 5.97 Å². The molecule has 0 bridgehead atoms. The molecule has 2 aliphatic heterocycles. The molecule has 1 amide bonds. The monoisotopic (exact) mass is 396 g/mol. The van der Waals surface area contributed by atoms with E-state index in [1.165, 1.54) is 23.1 Å². The lowest BCUT2D eigenvalue weighted by Gasteiger charge is -2.39. The number of carbonyl (C=O) groups excluding carboxylic acids is 2. The van der Waals surface area contributed by atoms with Gasteiger partial charge in [-0.15, -0.1) is 0 Å². The molecule has 1 aromatic rings. The Hall–Kier alpha value is -2.52. The van der Waals surface area contributed by atoms with Gasteiger partial charge in [-0.1, -0.05) is 0 Å². The van der Waals surface area contributed by atoms with E-state index in [4.69, 9.17) is 9.47 Å². The van der Waals surface area contributed by atoms with Gasteiger partial charge in [0.1, 0.15) is 6.04 Å². The zero-order chi connectivity index (χ0) is 19.9. The first-order valence-electron chi connectivity index (χ1n) is 9.39. The van der Waals surface area contributed by atoms with Gasteiger partial charge in [0.2, 0.25) is 0 Å². The first-order chi connectivity index (χ1) is 13.4. The van der Waals surface area contributed by atoms with Gasteiger partial charge in [0.15, 0.2) is 11.5 Å². The first-order valence-corrected chi connectivity index (χ1v) is 9.39. The SMILES string of the molecule is COC(=O)[C@H]1CCCN1C(=O)c1cnc(N2CC(F)(F)C2)c(OCC2CC2)n1. The van der Waals surface area contributed by atoms with Crippen LogP contribution in [-0.4, -0.2) is 72.1 Å². The highest BCUT2D eigenvalue weighted by Crippen LogP contribution is 2.36. The van der Waals surface area contributed by atoms with Gasteiger partial charge in [0.05, 0.1) is 33.0 Å². The van der Waals surface area contributed by atoms with E-state index >= 15 is 0 Å². The summed E-state index contributed by atoms with van der Waals surface area (Å²) in [5.41, 5.74) is 0.0256. The maximum absolute atomic E-state index is 13.3. The average molecular weight is 396 g/mol. The summed E-state index contributed by atoms with van der Waals surface area (Å²) in [6.45, 7) is -0.0761. The number of alkyl halides is 2. The number of rotatable bonds is 6. The zero-order valence-corrected chi connectivity index (χ0v) is 15.6. The minimum Gasteiger partial charge on any atom is -0.475 e. The number of nitrogens with zero attached hydrogens (tertiary/aromatic N) is 4. The van der Waals surface area contributed by atoms with Crippen LogP contribution in [-0.2, 0) is 9.53 Å². The lowest BCUT2D eigenvalue weighted by molar-refractivity contribution is -0.145. The molecule has 0 unspecified atom stereocenters. The Morgan fingerprint density at radius 2 is 2.04 bits per heavy atom. The Bertz CT molecular complexity index is 779. The molecular formula is C18H22F2N4O4. The predicted octanol–water partition coefficient (Wildman–Crippen LogP) is 1.50. The molecule has 0 radical (unpaired) electrons. The molecule has 1 aromatic heterocycles. The molecule has 2 saturated heterocycles. The van der Waals surface area contributed by atoms with Crippen LogP contribution in [0.15, 0.2) is 6.20 Å². The Morgan fingerprint density at radius 3 is 2.68 bits per heavy atom. The molecule has 1 saturated carbocycles. The van der Waals surface area contributed by atoms with Gasteiger partial charge in [-0.25, -0.2) is 23.5 Å². The lowest BCUT2D eigenvalue weighted by Crippen LogP contribution is -2.56. The molecule has 8 nitrogen and oxygen atoms in total. The second-order valence-corrected chi connectivity index (χ2v) is 7.53. The third kappa shape index (κ3) is 3.72. The molecule has 0 spiro atoms. The van der Waals surface area contributed by atoms with Gasteiger partial charge in [0, 0.05) is 6.54 Å². The van der Waals surface area contributed by atoms with Crippen LogP contribution in [0.1, 0.15) is 36.2 Å². The number of anilines is 1. The molecule has 0 N–H and O–H groups in total. The number of ether oxygens (including phenoxy) is 2. The van der Waals surface area contributed by atoms with Crippen molar-refractivity contribution in [3.63, 3.8) is 0 Å². The number of esters is 1. The minimum atomic E-state index is -2.76. The van der Waals surface area contributed by atoms with E-state index in [2.05, 4.69) is 9.97 Å². The molecule has 0 aromatic carbocycles. The number of hydrogen-bond acceptors (Lipinski definition) is 7. The molecule has 4 rings (SSSR count). The number of aromatic nitrogens is 2. The largest absolute Gasteiger partial charge is 0.475 e. The molecule has 1 aliphatic carbocycles. The van der Waals surface area contributed by atoms with E-state index in [1.54, 1.807) is 0 Å². The molecule has 3 aliphatic rings. The number of halogens is 2. The summed E-state index contributed by atoms with van der Waals surface area (Å²) >= 11 is 0. The molecule has 3 heterocycles. The quantitative estimate of drug-likeness (QED) is 0.674. The summed E-state index contributed by atoms with van der Waals surface area (Å²) < 4.78 is 37.0. The summed E-state index contributed by atoms with van der Waals surface area (Å²) in [6.07, 6.45) is 4.57. The van der Waals surface area contributed by atoms with Crippen LogP contribution in [0.3, 0.4) is 0 Å². The highest BCUT2D eigenvalue weighted by atomic mass is 19.3. The molecule has 10 heteroatoms. The summed E-state index contributed by atoms with van der Waals surface area (Å²) in [6, 6.07) is -0.649. The number of amides is 1. The Kier molecular flexibility index (Phi) is 4.80. The summed E-state index contributed by atoms with van der Waals surface area (Å²) in [5, 5.41) is 0. The Labute approximate surface area is 160 Å². The molecule has 3 fully saturated rings. The van der Waals surface area contributed by atoms with Crippen molar-refractivity contribution in [3.05, 3.63) is 11.9 Å². The summed E-state index contributed by atoms with van der Waals surface area (Å²) in [7, 11) is 1.28. The fraction of sp³-hybridized carbons (Fsp3) is 0.667. The van der Waals surface area contributed by atoms with Crippen molar-refractivity contribution in [1.82, 2.24) is 14.9 Å². The fourth-order valence-corrected chi connectivity index (χ4v) is 3.46.